The fourth-order valence-corrected chi connectivity index (χ4v) is 3.07. The third-order valence-corrected chi connectivity index (χ3v) is 4.53. The van der Waals surface area contributed by atoms with Crippen molar-refractivity contribution < 1.29 is 24.4 Å². The van der Waals surface area contributed by atoms with Crippen LogP contribution in [0, 0.1) is 13.8 Å². The quantitative estimate of drug-likeness (QED) is 0.335. The lowest BCUT2D eigenvalue weighted by Gasteiger charge is -2.20. The Kier molecular flexibility index (Phi) is 6.35. The predicted octanol–water partition coefficient (Wildman–Crippen LogP) is 0.671. The van der Waals surface area contributed by atoms with E-state index in [-0.39, 0.29) is 5.69 Å². The second-order valence-corrected chi connectivity index (χ2v) is 7.98. The average molecular weight is 399 g/mol. The summed E-state index contributed by atoms with van der Waals surface area (Å²) in [7, 11) is 0.0416. The SMILES string of the molecule is Cc1c(C(=O)Nc2ccc(B(O)O)cc2)c(C)n(C)c1C(=O)C(=O)NC(C)(C)C. The number of hydrogen-bond donors (Lipinski definition) is 4. The number of ketones is 1. The molecule has 2 amide bonds. The molecule has 2 aromatic rings. The Balaban J connectivity index is 2.32. The van der Waals surface area contributed by atoms with Gasteiger partial charge in [-0.2, -0.15) is 0 Å². The molecule has 0 saturated heterocycles. The van der Waals surface area contributed by atoms with Gasteiger partial charge in [-0.05, 0) is 57.8 Å². The van der Waals surface area contributed by atoms with Crippen molar-refractivity contribution >= 4 is 35.9 Å². The molecule has 8 nitrogen and oxygen atoms in total. The van der Waals surface area contributed by atoms with E-state index in [1.165, 1.54) is 12.1 Å². The highest BCUT2D eigenvalue weighted by Crippen LogP contribution is 2.23. The van der Waals surface area contributed by atoms with Crippen molar-refractivity contribution in [3.8, 4) is 0 Å². The van der Waals surface area contributed by atoms with Crippen molar-refractivity contribution in [2.75, 3.05) is 5.32 Å². The van der Waals surface area contributed by atoms with Gasteiger partial charge in [0.15, 0.2) is 0 Å². The molecule has 0 aliphatic rings. The van der Waals surface area contributed by atoms with Crippen LogP contribution in [0.3, 0.4) is 0 Å². The van der Waals surface area contributed by atoms with Gasteiger partial charge in [-0.3, -0.25) is 14.4 Å². The molecule has 0 unspecified atom stereocenters. The van der Waals surface area contributed by atoms with Gasteiger partial charge in [0.25, 0.3) is 17.6 Å². The summed E-state index contributed by atoms with van der Waals surface area (Å²) in [5.74, 6) is -1.86. The first-order valence-electron chi connectivity index (χ1n) is 9.13. The number of Topliss-reactive ketones (excluding diaryl/α,β-unsaturated/α-hetero) is 1. The Hall–Kier alpha value is -2.91. The molecular weight excluding hydrogens is 373 g/mol. The number of anilines is 1. The van der Waals surface area contributed by atoms with Crippen molar-refractivity contribution in [3.63, 3.8) is 0 Å². The Bertz CT molecular complexity index is 956. The Labute approximate surface area is 170 Å². The molecule has 0 fully saturated rings. The summed E-state index contributed by atoms with van der Waals surface area (Å²) >= 11 is 0. The summed E-state index contributed by atoms with van der Waals surface area (Å²) in [6.07, 6.45) is 0. The molecular formula is C20H26BN3O5. The minimum atomic E-state index is -1.59. The van der Waals surface area contributed by atoms with E-state index in [9.17, 15) is 14.4 Å². The number of rotatable bonds is 5. The molecule has 9 heteroatoms. The lowest BCUT2D eigenvalue weighted by atomic mass is 9.80. The largest absolute Gasteiger partial charge is 0.488 e. The fourth-order valence-electron chi connectivity index (χ4n) is 3.07. The first-order valence-corrected chi connectivity index (χ1v) is 9.13. The molecule has 2 rings (SSSR count). The van der Waals surface area contributed by atoms with E-state index in [4.69, 9.17) is 10.0 Å². The maximum absolute atomic E-state index is 12.8. The zero-order valence-corrected chi connectivity index (χ0v) is 17.5. The second-order valence-electron chi connectivity index (χ2n) is 7.98. The van der Waals surface area contributed by atoms with E-state index in [0.29, 0.717) is 28.0 Å². The van der Waals surface area contributed by atoms with Crippen molar-refractivity contribution in [3.05, 3.63) is 46.8 Å². The summed E-state index contributed by atoms with van der Waals surface area (Å²) in [5.41, 5.74) is 1.63. The van der Waals surface area contributed by atoms with Gasteiger partial charge >= 0.3 is 7.12 Å². The van der Waals surface area contributed by atoms with Crippen LogP contribution in [0.25, 0.3) is 0 Å². The Morgan fingerprint density at radius 2 is 1.59 bits per heavy atom. The highest BCUT2D eigenvalue weighted by Gasteiger charge is 2.30. The topological polar surface area (TPSA) is 121 Å². The number of amides is 2. The number of benzene rings is 1. The van der Waals surface area contributed by atoms with Gasteiger partial charge in [0.1, 0.15) is 0 Å². The van der Waals surface area contributed by atoms with Crippen LogP contribution >= 0.6 is 0 Å². The second kappa shape index (κ2) is 8.22. The third kappa shape index (κ3) is 4.93. The maximum Gasteiger partial charge on any atom is 0.488 e. The molecule has 1 heterocycles. The van der Waals surface area contributed by atoms with Gasteiger partial charge in [0.05, 0.1) is 11.3 Å². The number of aromatic nitrogens is 1. The number of hydrogen-bond acceptors (Lipinski definition) is 5. The highest BCUT2D eigenvalue weighted by atomic mass is 16.4. The Morgan fingerprint density at radius 3 is 2.07 bits per heavy atom. The number of carbonyl (C=O) groups excluding carboxylic acids is 3. The highest BCUT2D eigenvalue weighted by molar-refractivity contribution is 6.58. The van der Waals surface area contributed by atoms with E-state index in [1.54, 1.807) is 58.4 Å². The van der Waals surface area contributed by atoms with Crippen LogP contribution in [0.15, 0.2) is 24.3 Å². The third-order valence-electron chi connectivity index (χ3n) is 4.53. The van der Waals surface area contributed by atoms with Gasteiger partial charge in [-0.25, -0.2) is 0 Å². The van der Waals surface area contributed by atoms with Gasteiger partial charge in [-0.1, -0.05) is 12.1 Å². The van der Waals surface area contributed by atoms with Crippen LogP contribution in [0.2, 0.25) is 0 Å². The van der Waals surface area contributed by atoms with Gasteiger partial charge in [0.2, 0.25) is 0 Å². The van der Waals surface area contributed by atoms with Crippen molar-refractivity contribution in [2.45, 2.75) is 40.2 Å². The number of carbonyl (C=O) groups is 3. The summed E-state index contributed by atoms with van der Waals surface area (Å²) in [5, 5.41) is 23.7. The van der Waals surface area contributed by atoms with Crippen LogP contribution < -0.4 is 16.1 Å². The lowest BCUT2D eigenvalue weighted by Crippen LogP contribution is -2.44. The van der Waals surface area contributed by atoms with Gasteiger partial charge in [-0.15, -0.1) is 0 Å². The average Bonchev–Trinajstić information content (AvgIpc) is 2.82. The monoisotopic (exact) mass is 399 g/mol. The van der Waals surface area contributed by atoms with E-state index >= 15 is 0 Å². The van der Waals surface area contributed by atoms with E-state index in [1.807, 2.05) is 0 Å². The molecule has 154 valence electrons. The molecule has 29 heavy (non-hydrogen) atoms. The van der Waals surface area contributed by atoms with Gasteiger partial charge in [0, 0.05) is 24.0 Å². The zero-order chi connectivity index (χ0) is 22.1. The molecule has 0 aliphatic carbocycles. The van der Waals surface area contributed by atoms with Crippen LogP contribution in [0.1, 0.15) is 52.9 Å². The summed E-state index contributed by atoms with van der Waals surface area (Å²) in [6, 6.07) is 6.06. The fraction of sp³-hybridized carbons (Fsp3) is 0.350. The minimum absolute atomic E-state index is 0.160. The van der Waals surface area contributed by atoms with Crippen LogP contribution in [0.4, 0.5) is 5.69 Å². The lowest BCUT2D eigenvalue weighted by molar-refractivity contribution is -0.118. The molecule has 0 bridgehead atoms. The van der Waals surface area contributed by atoms with Crippen LogP contribution in [-0.2, 0) is 11.8 Å². The van der Waals surface area contributed by atoms with E-state index < -0.39 is 30.3 Å². The van der Waals surface area contributed by atoms with E-state index in [0.717, 1.165) is 0 Å². The molecule has 1 aromatic heterocycles. The Morgan fingerprint density at radius 1 is 1.03 bits per heavy atom. The molecule has 4 N–H and O–H groups in total. The zero-order valence-electron chi connectivity index (χ0n) is 17.5. The van der Waals surface area contributed by atoms with Crippen molar-refractivity contribution in [1.82, 2.24) is 9.88 Å². The minimum Gasteiger partial charge on any atom is -0.423 e. The first kappa shape index (κ1) is 22.4. The predicted molar refractivity (Wildman–Crippen MR) is 111 cm³/mol. The summed E-state index contributed by atoms with van der Waals surface area (Å²) in [6.45, 7) is 8.67. The normalized spacial score (nSPS) is 11.2. The van der Waals surface area contributed by atoms with Crippen molar-refractivity contribution in [2.24, 2.45) is 7.05 Å². The standard InChI is InChI=1S/C20H26BN3O5/c1-11-15(18(26)22-14-9-7-13(8-10-14)21(28)29)12(2)24(6)16(11)17(25)19(27)23-20(3,4)5/h7-10,28-29H,1-6H3,(H,22,26)(H,23,27). The first-order chi connectivity index (χ1) is 13.3. The maximum atomic E-state index is 12.8. The number of nitrogens with zero attached hydrogens (tertiary/aromatic N) is 1. The number of nitrogens with one attached hydrogen (secondary N) is 2. The molecule has 0 atom stereocenters. The summed E-state index contributed by atoms with van der Waals surface area (Å²) < 4.78 is 1.54. The van der Waals surface area contributed by atoms with Crippen LogP contribution in [0.5, 0.6) is 0 Å². The van der Waals surface area contributed by atoms with Gasteiger partial charge < -0.3 is 25.2 Å². The molecule has 0 aliphatic heterocycles. The smallest absolute Gasteiger partial charge is 0.423 e. The van der Waals surface area contributed by atoms with E-state index in [2.05, 4.69) is 10.6 Å². The molecule has 1 aromatic carbocycles. The van der Waals surface area contributed by atoms with Crippen molar-refractivity contribution in [1.29, 1.82) is 0 Å². The van der Waals surface area contributed by atoms with Crippen LogP contribution in [-0.4, -0.2) is 44.9 Å². The summed E-state index contributed by atoms with van der Waals surface area (Å²) in [4.78, 5) is 37.8. The molecule has 0 saturated carbocycles. The molecule has 0 spiro atoms. The molecule has 0 radical (unpaired) electrons.